The molecule has 3 nitrogen and oxygen atoms in total. The number of amides is 1. The molecule has 2 unspecified atom stereocenters. The fraction of sp³-hybridized carbons (Fsp3) is 0.917. The van der Waals surface area contributed by atoms with Crippen molar-refractivity contribution < 1.29 is 23.1 Å². The molecular formula is C12H18F3NO2. The lowest BCUT2D eigenvalue weighted by Gasteiger charge is -2.34. The van der Waals surface area contributed by atoms with Gasteiger partial charge in [0.2, 0.25) is 5.91 Å². The quantitative estimate of drug-likeness (QED) is 0.787. The molecule has 2 aliphatic rings. The van der Waals surface area contributed by atoms with Gasteiger partial charge in [-0.15, -0.1) is 0 Å². The number of aliphatic hydroxyl groups excluding tert-OH is 1. The van der Waals surface area contributed by atoms with Crippen LogP contribution >= 0.6 is 0 Å². The third-order valence-corrected chi connectivity index (χ3v) is 3.98. The van der Waals surface area contributed by atoms with Crippen LogP contribution in [-0.4, -0.2) is 41.3 Å². The molecule has 1 saturated carbocycles. The van der Waals surface area contributed by atoms with Gasteiger partial charge in [0.1, 0.15) is 0 Å². The van der Waals surface area contributed by atoms with Gasteiger partial charge in [-0.25, -0.2) is 0 Å². The number of rotatable bonds is 1. The van der Waals surface area contributed by atoms with E-state index in [4.69, 9.17) is 0 Å². The Kier molecular flexibility index (Phi) is 3.84. The molecule has 2 rings (SSSR count). The Labute approximate surface area is 104 Å². The van der Waals surface area contributed by atoms with Gasteiger partial charge in [0.25, 0.3) is 0 Å². The summed E-state index contributed by atoms with van der Waals surface area (Å²) in [6, 6.07) is 0. The molecule has 1 N–H and O–H groups in total. The smallest absolute Gasteiger partial charge is 0.391 e. The van der Waals surface area contributed by atoms with Crippen molar-refractivity contribution in [3.63, 3.8) is 0 Å². The second-order valence-electron chi connectivity index (χ2n) is 5.27. The first-order valence-corrected chi connectivity index (χ1v) is 6.43. The Morgan fingerprint density at radius 2 is 1.83 bits per heavy atom. The number of nitrogens with zero attached hydrogens (tertiary/aromatic N) is 1. The van der Waals surface area contributed by atoms with Crippen molar-refractivity contribution in [3.8, 4) is 0 Å². The molecule has 0 aromatic carbocycles. The molecule has 18 heavy (non-hydrogen) atoms. The van der Waals surface area contributed by atoms with Crippen LogP contribution in [0.15, 0.2) is 0 Å². The predicted molar refractivity (Wildman–Crippen MR) is 58.7 cm³/mol. The number of likely N-dealkylation sites (tertiary alicyclic amines) is 1. The minimum atomic E-state index is -4.29. The van der Waals surface area contributed by atoms with Gasteiger partial charge in [0.05, 0.1) is 12.0 Å². The van der Waals surface area contributed by atoms with E-state index in [2.05, 4.69) is 0 Å². The molecule has 0 radical (unpaired) electrons. The van der Waals surface area contributed by atoms with E-state index in [0.717, 1.165) is 0 Å². The highest BCUT2D eigenvalue weighted by Crippen LogP contribution is 2.42. The van der Waals surface area contributed by atoms with Gasteiger partial charge in [-0.05, 0) is 19.3 Å². The molecule has 6 heteroatoms. The summed E-state index contributed by atoms with van der Waals surface area (Å²) >= 11 is 0. The van der Waals surface area contributed by atoms with Crippen LogP contribution in [0, 0.1) is 11.8 Å². The van der Waals surface area contributed by atoms with Crippen molar-refractivity contribution in [2.45, 2.75) is 44.4 Å². The van der Waals surface area contributed by atoms with E-state index in [0.29, 0.717) is 32.2 Å². The molecule has 1 saturated heterocycles. The SMILES string of the molecule is O=C(C1CCCCC1C(F)(F)F)N1CC[C@@H](O)C1. The Hall–Kier alpha value is -0.780. The first-order chi connectivity index (χ1) is 8.39. The molecule has 0 aromatic rings. The molecule has 0 aromatic heterocycles. The molecule has 1 aliphatic heterocycles. The number of halogens is 3. The van der Waals surface area contributed by atoms with Crippen LogP contribution in [-0.2, 0) is 4.79 Å². The Balaban J connectivity index is 2.07. The van der Waals surface area contributed by atoms with Crippen LogP contribution in [0.25, 0.3) is 0 Å². The third-order valence-electron chi connectivity index (χ3n) is 3.98. The van der Waals surface area contributed by atoms with Crippen LogP contribution in [0.5, 0.6) is 0 Å². The lowest BCUT2D eigenvalue weighted by atomic mass is 9.78. The number of β-amino-alcohol motifs (C(OH)–C–C–N with tert-alkyl or cyclic N) is 1. The highest BCUT2D eigenvalue weighted by molar-refractivity contribution is 5.79. The van der Waals surface area contributed by atoms with Crippen LogP contribution in [0.2, 0.25) is 0 Å². The van der Waals surface area contributed by atoms with E-state index in [1.807, 2.05) is 0 Å². The number of aliphatic hydroxyl groups is 1. The molecular weight excluding hydrogens is 247 g/mol. The van der Waals surface area contributed by atoms with Crippen LogP contribution < -0.4 is 0 Å². The van der Waals surface area contributed by atoms with E-state index in [1.165, 1.54) is 4.90 Å². The number of carbonyl (C=O) groups excluding carboxylic acids is 1. The first kappa shape index (κ1) is 13.6. The second-order valence-corrected chi connectivity index (χ2v) is 5.27. The van der Waals surface area contributed by atoms with Crippen molar-refractivity contribution in [1.82, 2.24) is 4.90 Å². The molecule has 1 heterocycles. The first-order valence-electron chi connectivity index (χ1n) is 6.43. The van der Waals surface area contributed by atoms with E-state index in [9.17, 15) is 23.1 Å². The van der Waals surface area contributed by atoms with E-state index in [1.54, 1.807) is 0 Å². The summed E-state index contributed by atoms with van der Waals surface area (Å²) < 4.78 is 38.7. The van der Waals surface area contributed by atoms with Crippen LogP contribution in [0.3, 0.4) is 0 Å². The lowest BCUT2D eigenvalue weighted by molar-refractivity contribution is -0.200. The molecule has 1 aliphatic carbocycles. The monoisotopic (exact) mass is 265 g/mol. The summed E-state index contributed by atoms with van der Waals surface area (Å²) in [4.78, 5) is 13.5. The fourth-order valence-corrected chi connectivity index (χ4v) is 2.99. The molecule has 0 bridgehead atoms. The van der Waals surface area contributed by atoms with Gasteiger partial charge in [-0.3, -0.25) is 4.79 Å². The second kappa shape index (κ2) is 5.07. The van der Waals surface area contributed by atoms with Gasteiger partial charge in [0, 0.05) is 19.0 Å². The predicted octanol–water partition coefficient (Wildman–Crippen LogP) is 1.95. The summed E-state index contributed by atoms with van der Waals surface area (Å²) in [5, 5.41) is 9.36. The molecule has 1 amide bonds. The van der Waals surface area contributed by atoms with Gasteiger partial charge in [-0.2, -0.15) is 13.2 Å². The maximum absolute atomic E-state index is 12.9. The van der Waals surface area contributed by atoms with Crippen molar-refractivity contribution in [2.24, 2.45) is 11.8 Å². The Morgan fingerprint density at radius 1 is 1.17 bits per heavy atom. The number of hydrogen-bond donors (Lipinski definition) is 1. The topological polar surface area (TPSA) is 40.5 Å². The van der Waals surface area contributed by atoms with Gasteiger partial charge in [-0.1, -0.05) is 12.8 Å². The minimum absolute atomic E-state index is 0.0519. The highest BCUT2D eigenvalue weighted by atomic mass is 19.4. The summed E-state index contributed by atoms with van der Waals surface area (Å²) in [6.45, 7) is 0.557. The summed E-state index contributed by atoms with van der Waals surface area (Å²) in [7, 11) is 0. The molecule has 104 valence electrons. The zero-order valence-electron chi connectivity index (χ0n) is 10.1. The average molecular weight is 265 g/mol. The maximum atomic E-state index is 12.9. The standard InChI is InChI=1S/C12H18F3NO2/c13-12(14,15)10-4-2-1-3-9(10)11(18)16-6-5-8(17)7-16/h8-10,17H,1-7H2/t8-,9?,10?/m1/s1. The van der Waals surface area contributed by atoms with Gasteiger partial charge < -0.3 is 10.0 Å². The molecule has 2 fully saturated rings. The van der Waals surface area contributed by atoms with E-state index >= 15 is 0 Å². The van der Waals surface area contributed by atoms with E-state index < -0.39 is 30.0 Å². The summed E-state index contributed by atoms with van der Waals surface area (Å²) in [6.07, 6.45) is -2.82. The number of hydrogen-bond acceptors (Lipinski definition) is 2. The lowest BCUT2D eigenvalue weighted by Crippen LogP contribution is -2.44. The highest BCUT2D eigenvalue weighted by Gasteiger charge is 2.49. The molecule has 0 spiro atoms. The minimum Gasteiger partial charge on any atom is -0.391 e. The van der Waals surface area contributed by atoms with Crippen LogP contribution in [0.1, 0.15) is 32.1 Å². The largest absolute Gasteiger partial charge is 0.392 e. The number of alkyl halides is 3. The maximum Gasteiger partial charge on any atom is 0.392 e. The third kappa shape index (κ3) is 2.79. The fourth-order valence-electron chi connectivity index (χ4n) is 2.99. The average Bonchev–Trinajstić information content (AvgIpc) is 2.74. The normalized spacial score (nSPS) is 33.8. The Bertz CT molecular complexity index is 319. The van der Waals surface area contributed by atoms with Gasteiger partial charge >= 0.3 is 6.18 Å². The van der Waals surface area contributed by atoms with Crippen molar-refractivity contribution in [3.05, 3.63) is 0 Å². The zero-order valence-corrected chi connectivity index (χ0v) is 10.1. The van der Waals surface area contributed by atoms with Crippen LogP contribution in [0.4, 0.5) is 13.2 Å². The molecule has 3 atom stereocenters. The summed E-state index contributed by atoms with van der Waals surface area (Å²) in [5.74, 6) is -2.87. The van der Waals surface area contributed by atoms with Gasteiger partial charge in [0.15, 0.2) is 0 Å². The summed E-state index contributed by atoms with van der Waals surface area (Å²) in [5.41, 5.74) is 0. The van der Waals surface area contributed by atoms with Crippen molar-refractivity contribution >= 4 is 5.91 Å². The number of carbonyl (C=O) groups is 1. The zero-order chi connectivity index (χ0) is 13.3. The Morgan fingerprint density at radius 3 is 2.39 bits per heavy atom. The van der Waals surface area contributed by atoms with Crippen molar-refractivity contribution in [1.29, 1.82) is 0 Å². The van der Waals surface area contributed by atoms with E-state index in [-0.39, 0.29) is 13.0 Å². The van der Waals surface area contributed by atoms with Crippen molar-refractivity contribution in [2.75, 3.05) is 13.1 Å².